The molecule has 0 bridgehead atoms. The molecule has 0 radical (unpaired) electrons. The second-order valence-electron chi connectivity index (χ2n) is 4.18. The molecule has 0 aliphatic heterocycles. The Bertz CT molecular complexity index is 680. The summed E-state index contributed by atoms with van der Waals surface area (Å²) in [6.45, 7) is 2.50. The average Bonchev–Trinajstić information content (AvgIpc) is 2.43. The number of anilines is 1. The quantitative estimate of drug-likeness (QED) is 0.654. The molecular weight excluding hydrogens is 298 g/mol. The molecule has 4 nitrogen and oxygen atoms in total. The van der Waals surface area contributed by atoms with E-state index >= 15 is 0 Å². The van der Waals surface area contributed by atoms with Crippen molar-refractivity contribution in [3.05, 3.63) is 58.1 Å². The maximum absolute atomic E-state index is 13.2. The van der Waals surface area contributed by atoms with Gasteiger partial charge in [0.05, 0.1) is 4.92 Å². The third-order valence-corrected chi connectivity index (χ3v) is 3.57. The highest BCUT2D eigenvalue weighted by Crippen LogP contribution is 2.33. The summed E-state index contributed by atoms with van der Waals surface area (Å²) in [6, 6.07) is 8.06. The monoisotopic (exact) mass is 310 g/mol. The van der Waals surface area contributed by atoms with Crippen molar-refractivity contribution in [3.8, 4) is 0 Å². The lowest BCUT2D eigenvalue weighted by atomic mass is 10.3. The molecule has 0 unspecified atom stereocenters. The first-order valence-corrected chi connectivity index (χ1v) is 6.97. The van der Waals surface area contributed by atoms with Gasteiger partial charge in [-0.25, -0.2) is 8.78 Å². The molecule has 2 rings (SSSR count). The lowest BCUT2D eigenvalue weighted by Crippen LogP contribution is -1.98. The molecule has 0 saturated heterocycles. The summed E-state index contributed by atoms with van der Waals surface area (Å²) >= 11 is 1.13. The zero-order valence-electron chi connectivity index (χ0n) is 11.1. The standard InChI is InChI=1S/C14H12F2N2O2S/c1-2-17-9-5-10(18(19)20)7-12(6-9)21-11-3-4-13(15)14(16)8-11/h3-8,17H,2H2,1H3. The summed E-state index contributed by atoms with van der Waals surface area (Å²) in [6.07, 6.45) is 0. The first kappa shape index (κ1) is 15.2. The van der Waals surface area contributed by atoms with E-state index < -0.39 is 16.6 Å². The Kier molecular flexibility index (Phi) is 4.74. The van der Waals surface area contributed by atoms with E-state index in [4.69, 9.17) is 0 Å². The third-order valence-electron chi connectivity index (χ3n) is 2.61. The van der Waals surface area contributed by atoms with Gasteiger partial charge in [0.15, 0.2) is 11.6 Å². The molecule has 0 spiro atoms. The van der Waals surface area contributed by atoms with E-state index in [0.29, 0.717) is 22.0 Å². The van der Waals surface area contributed by atoms with Gasteiger partial charge in [-0.05, 0) is 31.2 Å². The molecule has 0 aromatic heterocycles. The minimum absolute atomic E-state index is 0.0569. The van der Waals surface area contributed by atoms with Crippen LogP contribution in [0, 0.1) is 21.7 Å². The van der Waals surface area contributed by atoms with E-state index in [1.165, 1.54) is 18.2 Å². The summed E-state index contributed by atoms with van der Waals surface area (Å²) in [4.78, 5) is 11.5. The Balaban J connectivity index is 2.33. The van der Waals surface area contributed by atoms with Gasteiger partial charge >= 0.3 is 0 Å². The van der Waals surface area contributed by atoms with Crippen LogP contribution in [-0.2, 0) is 0 Å². The zero-order chi connectivity index (χ0) is 15.4. The fourth-order valence-electron chi connectivity index (χ4n) is 1.73. The van der Waals surface area contributed by atoms with Crippen molar-refractivity contribution in [2.24, 2.45) is 0 Å². The van der Waals surface area contributed by atoms with Gasteiger partial charge in [-0.15, -0.1) is 0 Å². The predicted octanol–water partition coefficient (Wildman–Crippen LogP) is 4.46. The zero-order valence-corrected chi connectivity index (χ0v) is 11.9. The van der Waals surface area contributed by atoms with E-state index in [1.54, 1.807) is 6.07 Å². The highest BCUT2D eigenvalue weighted by molar-refractivity contribution is 7.99. The van der Waals surface area contributed by atoms with Crippen LogP contribution in [0.3, 0.4) is 0 Å². The van der Waals surface area contributed by atoms with Crippen molar-refractivity contribution >= 4 is 23.1 Å². The largest absolute Gasteiger partial charge is 0.385 e. The number of rotatable bonds is 5. The van der Waals surface area contributed by atoms with Crippen molar-refractivity contribution in [1.29, 1.82) is 0 Å². The van der Waals surface area contributed by atoms with Crippen LogP contribution in [0.15, 0.2) is 46.2 Å². The Morgan fingerprint density at radius 1 is 1.14 bits per heavy atom. The Hall–Kier alpha value is -2.15. The van der Waals surface area contributed by atoms with Crippen molar-refractivity contribution < 1.29 is 13.7 Å². The van der Waals surface area contributed by atoms with Crippen LogP contribution in [0.4, 0.5) is 20.2 Å². The first-order chi connectivity index (χ1) is 9.99. The van der Waals surface area contributed by atoms with Gasteiger partial charge in [-0.2, -0.15) is 0 Å². The van der Waals surface area contributed by atoms with Gasteiger partial charge in [0.1, 0.15) is 0 Å². The maximum Gasteiger partial charge on any atom is 0.272 e. The third kappa shape index (κ3) is 3.91. The minimum Gasteiger partial charge on any atom is -0.385 e. The van der Waals surface area contributed by atoms with Crippen LogP contribution in [0.1, 0.15) is 6.92 Å². The average molecular weight is 310 g/mol. The van der Waals surface area contributed by atoms with E-state index in [9.17, 15) is 18.9 Å². The molecule has 0 amide bonds. The van der Waals surface area contributed by atoms with Gasteiger partial charge < -0.3 is 5.32 Å². The number of nitro groups is 1. The first-order valence-electron chi connectivity index (χ1n) is 6.16. The number of nitrogens with one attached hydrogen (secondary N) is 1. The van der Waals surface area contributed by atoms with Gasteiger partial charge in [-0.1, -0.05) is 11.8 Å². The molecule has 0 aliphatic rings. The van der Waals surface area contributed by atoms with Crippen molar-refractivity contribution in [1.82, 2.24) is 0 Å². The van der Waals surface area contributed by atoms with Crippen LogP contribution in [0.2, 0.25) is 0 Å². The summed E-state index contributed by atoms with van der Waals surface area (Å²) in [7, 11) is 0. The molecule has 0 aliphatic carbocycles. The SMILES string of the molecule is CCNc1cc(Sc2ccc(F)c(F)c2)cc([N+](=O)[O-])c1. The van der Waals surface area contributed by atoms with Gasteiger partial charge in [-0.3, -0.25) is 10.1 Å². The van der Waals surface area contributed by atoms with Crippen LogP contribution < -0.4 is 5.32 Å². The summed E-state index contributed by atoms with van der Waals surface area (Å²) in [5.41, 5.74) is 0.551. The molecular formula is C14H12F2N2O2S. The molecule has 0 fully saturated rings. The van der Waals surface area contributed by atoms with Crippen molar-refractivity contribution in [2.75, 3.05) is 11.9 Å². The molecule has 0 saturated carbocycles. The van der Waals surface area contributed by atoms with Crippen LogP contribution in [0.5, 0.6) is 0 Å². The number of hydrogen-bond acceptors (Lipinski definition) is 4. The summed E-state index contributed by atoms with van der Waals surface area (Å²) < 4.78 is 26.1. The summed E-state index contributed by atoms with van der Waals surface area (Å²) in [5, 5.41) is 13.9. The highest BCUT2D eigenvalue weighted by Gasteiger charge is 2.11. The molecule has 0 heterocycles. The van der Waals surface area contributed by atoms with Gasteiger partial charge in [0, 0.05) is 34.2 Å². The molecule has 7 heteroatoms. The number of hydrogen-bond donors (Lipinski definition) is 1. The smallest absolute Gasteiger partial charge is 0.272 e. The number of benzene rings is 2. The van der Waals surface area contributed by atoms with Crippen molar-refractivity contribution in [3.63, 3.8) is 0 Å². The van der Waals surface area contributed by atoms with Gasteiger partial charge in [0.25, 0.3) is 5.69 Å². The van der Waals surface area contributed by atoms with E-state index in [2.05, 4.69) is 5.32 Å². The van der Waals surface area contributed by atoms with Gasteiger partial charge in [0.2, 0.25) is 0 Å². The Morgan fingerprint density at radius 2 is 1.90 bits per heavy atom. The molecule has 110 valence electrons. The van der Waals surface area contributed by atoms with Crippen molar-refractivity contribution in [2.45, 2.75) is 16.7 Å². The maximum atomic E-state index is 13.2. The number of halogens is 2. The normalized spacial score (nSPS) is 10.4. The molecule has 0 atom stereocenters. The minimum atomic E-state index is -0.947. The Labute approximate surface area is 124 Å². The molecule has 1 N–H and O–H groups in total. The van der Waals surface area contributed by atoms with E-state index in [0.717, 1.165) is 23.9 Å². The highest BCUT2D eigenvalue weighted by atomic mass is 32.2. The second-order valence-corrected chi connectivity index (χ2v) is 5.33. The summed E-state index contributed by atoms with van der Waals surface area (Å²) in [5.74, 6) is -1.87. The molecule has 21 heavy (non-hydrogen) atoms. The fraction of sp³-hybridized carbons (Fsp3) is 0.143. The van der Waals surface area contributed by atoms with Crippen LogP contribution in [-0.4, -0.2) is 11.5 Å². The fourth-order valence-corrected chi connectivity index (χ4v) is 2.67. The Morgan fingerprint density at radius 3 is 2.52 bits per heavy atom. The molecule has 2 aromatic rings. The second kappa shape index (κ2) is 6.53. The lowest BCUT2D eigenvalue weighted by Gasteiger charge is -2.07. The van der Waals surface area contributed by atoms with Crippen LogP contribution in [0.25, 0.3) is 0 Å². The van der Waals surface area contributed by atoms with E-state index in [-0.39, 0.29) is 5.69 Å². The van der Waals surface area contributed by atoms with E-state index in [1.807, 2.05) is 6.92 Å². The number of nitrogens with zero attached hydrogens (tertiary/aromatic N) is 1. The van der Waals surface area contributed by atoms with Crippen LogP contribution >= 0.6 is 11.8 Å². The predicted molar refractivity (Wildman–Crippen MR) is 77.7 cm³/mol. The number of nitro benzene ring substituents is 1. The topological polar surface area (TPSA) is 55.2 Å². The molecule has 2 aromatic carbocycles. The number of non-ortho nitro benzene ring substituents is 1. The lowest BCUT2D eigenvalue weighted by molar-refractivity contribution is -0.385.